The number of imidazole rings is 1. The van der Waals surface area contributed by atoms with E-state index < -0.39 is 0 Å². The highest BCUT2D eigenvalue weighted by Gasteiger charge is 2.14. The fourth-order valence-electron chi connectivity index (χ4n) is 1.99. The van der Waals surface area contributed by atoms with Gasteiger partial charge in [0.15, 0.2) is 0 Å². The first-order chi connectivity index (χ1) is 8.90. The summed E-state index contributed by atoms with van der Waals surface area (Å²) in [5, 5.41) is 0. The molecule has 2 aromatic rings. The molecule has 100 valence electrons. The Morgan fingerprint density at radius 3 is 2.68 bits per heavy atom. The second kappa shape index (κ2) is 4.84. The zero-order chi connectivity index (χ0) is 14.2. The Balaban J connectivity index is 2.35. The number of hydrogen-bond acceptors (Lipinski definition) is 3. The molecule has 0 aliphatic rings. The van der Waals surface area contributed by atoms with Crippen molar-refractivity contribution >= 4 is 28.4 Å². The van der Waals surface area contributed by atoms with Gasteiger partial charge in [-0.1, -0.05) is 0 Å². The number of amides is 1. The predicted molar refractivity (Wildman–Crippen MR) is 74.2 cm³/mol. The van der Waals surface area contributed by atoms with Crippen molar-refractivity contribution in [2.24, 2.45) is 7.05 Å². The molecule has 1 heterocycles. The zero-order valence-corrected chi connectivity index (χ0v) is 11.6. The fraction of sp³-hybridized carbons (Fsp3) is 0.357. The van der Waals surface area contributed by atoms with E-state index >= 15 is 0 Å². The lowest BCUT2D eigenvalue weighted by atomic mass is 10.2. The van der Waals surface area contributed by atoms with E-state index in [0.29, 0.717) is 0 Å². The minimum Gasteiger partial charge on any atom is -0.331 e. The standard InChI is InChI=1S/C14H17N3O2/c1-9(18)7-14(19)17(4)11-5-6-13-12(8-11)15-10(2)16(13)3/h5-6,8H,7H2,1-4H3. The van der Waals surface area contributed by atoms with E-state index in [0.717, 1.165) is 22.5 Å². The first kappa shape index (κ1) is 13.3. The molecule has 0 N–H and O–H groups in total. The fourth-order valence-corrected chi connectivity index (χ4v) is 1.99. The Kier molecular flexibility index (Phi) is 3.38. The summed E-state index contributed by atoms with van der Waals surface area (Å²) in [5.41, 5.74) is 2.62. The van der Waals surface area contributed by atoms with Gasteiger partial charge in [0.05, 0.1) is 17.5 Å². The normalized spacial score (nSPS) is 10.7. The molecule has 0 aliphatic heterocycles. The molecule has 0 saturated carbocycles. The summed E-state index contributed by atoms with van der Waals surface area (Å²) in [4.78, 5) is 28.8. The number of benzene rings is 1. The average Bonchev–Trinajstić information content (AvgIpc) is 2.63. The van der Waals surface area contributed by atoms with Gasteiger partial charge in [-0.15, -0.1) is 0 Å². The maximum absolute atomic E-state index is 11.8. The molecule has 0 spiro atoms. The van der Waals surface area contributed by atoms with Crippen molar-refractivity contribution in [2.45, 2.75) is 20.3 Å². The van der Waals surface area contributed by atoms with Crippen LogP contribution in [0.15, 0.2) is 18.2 Å². The van der Waals surface area contributed by atoms with E-state index in [1.807, 2.05) is 36.7 Å². The first-order valence-corrected chi connectivity index (χ1v) is 6.09. The van der Waals surface area contributed by atoms with Crippen molar-refractivity contribution in [3.63, 3.8) is 0 Å². The van der Waals surface area contributed by atoms with Crippen LogP contribution in [0.4, 0.5) is 5.69 Å². The molecule has 0 unspecified atom stereocenters. The van der Waals surface area contributed by atoms with Gasteiger partial charge in [0.2, 0.25) is 5.91 Å². The topological polar surface area (TPSA) is 55.2 Å². The second-order valence-corrected chi connectivity index (χ2v) is 4.72. The summed E-state index contributed by atoms with van der Waals surface area (Å²) in [6.07, 6.45) is -0.0736. The van der Waals surface area contributed by atoms with Crippen LogP contribution in [-0.2, 0) is 16.6 Å². The highest BCUT2D eigenvalue weighted by Crippen LogP contribution is 2.22. The molecule has 1 aromatic heterocycles. The van der Waals surface area contributed by atoms with E-state index in [9.17, 15) is 9.59 Å². The van der Waals surface area contributed by atoms with E-state index in [4.69, 9.17) is 0 Å². The molecule has 0 fully saturated rings. The van der Waals surface area contributed by atoms with Crippen LogP contribution < -0.4 is 4.90 Å². The number of fused-ring (bicyclic) bond motifs is 1. The van der Waals surface area contributed by atoms with E-state index in [1.54, 1.807) is 7.05 Å². The number of anilines is 1. The highest BCUT2D eigenvalue weighted by atomic mass is 16.2. The number of nitrogens with zero attached hydrogens (tertiary/aromatic N) is 3. The molecule has 0 saturated heterocycles. The summed E-state index contributed by atoms with van der Waals surface area (Å²) in [6, 6.07) is 5.66. The molecule has 5 heteroatoms. The van der Waals surface area contributed by atoms with Crippen molar-refractivity contribution in [3.8, 4) is 0 Å². The van der Waals surface area contributed by atoms with Gasteiger partial charge >= 0.3 is 0 Å². The molecule has 2 rings (SSSR count). The monoisotopic (exact) mass is 259 g/mol. The lowest BCUT2D eigenvalue weighted by Crippen LogP contribution is -2.27. The molecule has 19 heavy (non-hydrogen) atoms. The Bertz CT molecular complexity index is 658. The molecule has 1 amide bonds. The van der Waals surface area contributed by atoms with Gasteiger partial charge in [0, 0.05) is 19.8 Å². The Labute approximate surface area is 111 Å². The lowest BCUT2D eigenvalue weighted by Gasteiger charge is -2.16. The quantitative estimate of drug-likeness (QED) is 0.790. The molecule has 0 radical (unpaired) electrons. The maximum Gasteiger partial charge on any atom is 0.234 e. The van der Waals surface area contributed by atoms with Gasteiger partial charge in [-0.25, -0.2) is 4.98 Å². The van der Waals surface area contributed by atoms with Crippen LogP contribution in [0.1, 0.15) is 19.2 Å². The predicted octanol–water partition coefficient (Wildman–Crippen LogP) is 1.82. The van der Waals surface area contributed by atoms with E-state index in [2.05, 4.69) is 4.98 Å². The molecule has 0 aliphatic carbocycles. The highest BCUT2D eigenvalue weighted by molar-refractivity contribution is 6.05. The number of carbonyl (C=O) groups is 2. The zero-order valence-electron chi connectivity index (χ0n) is 11.6. The van der Waals surface area contributed by atoms with Gasteiger partial charge in [-0.2, -0.15) is 0 Å². The first-order valence-electron chi connectivity index (χ1n) is 6.09. The van der Waals surface area contributed by atoms with Crippen molar-refractivity contribution in [2.75, 3.05) is 11.9 Å². The largest absolute Gasteiger partial charge is 0.331 e. The molecule has 5 nitrogen and oxygen atoms in total. The van der Waals surface area contributed by atoms with Gasteiger partial charge < -0.3 is 9.47 Å². The van der Waals surface area contributed by atoms with Crippen molar-refractivity contribution < 1.29 is 9.59 Å². The smallest absolute Gasteiger partial charge is 0.234 e. The summed E-state index contributed by atoms with van der Waals surface area (Å²) in [5.74, 6) is 0.580. The molecule has 0 bridgehead atoms. The Hall–Kier alpha value is -2.17. The van der Waals surface area contributed by atoms with Crippen molar-refractivity contribution in [3.05, 3.63) is 24.0 Å². The van der Waals surface area contributed by atoms with Crippen LogP contribution in [0.2, 0.25) is 0 Å². The number of hydrogen-bond donors (Lipinski definition) is 0. The van der Waals surface area contributed by atoms with Crippen molar-refractivity contribution in [1.29, 1.82) is 0 Å². The molecular formula is C14H17N3O2. The number of aromatic nitrogens is 2. The van der Waals surface area contributed by atoms with Crippen LogP contribution in [0, 0.1) is 6.92 Å². The van der Waals surface area contributed by atoms with Gasteiger partial charge in [0.1, 0.15) is 11.6 Å². The van der Waals surface area contributed by atoms with Gasteiger partial charge in [-0.3, -0.25) is 9.59 Å². The van der Waals surface area contributed by atoms with E-state index in [-0.39, 0.29) is 18.1 Å². The average molecular weight is 259 g/mol. The Morgan fingerprint density at radius 1 is 1.37 bits per heavy atom. The van der Waals surface area contributed by atoms with Crippen LogP contribution in [0.3, 0.4) is 0 Å². The number of ketones is 1. The SMILES string of the molecule is CC(=O)CC(=O)N(C)c1ccc2c(c1)nc(C)n2C. The lowest BCUT2D eigenvalue weighted by molar-refractivity contribution is -0.125. The Morgan fingerprint density at radius 2 is 2.05 bits per heavy atom. The number of aryl methyl sites for hydroxylation is 2. The molecular weight excluding hydrogens is 242 g/mol. The maximum atomic E-state index is 11.8. The second-order valence-electron chi connectivity index (χ2n) is 4.72. The van der Waals surface area contributed by atoms with Gasteiger partial charge in [0.25, 0.3) is 0 Å². The van der Waals surface area contributed by atoms with Crippen molar-refractivity contribution in [1.82, 2.24) is 9.55 Å². The van der Waals surface area contributed by atoms with Crippen LogP contribution in [-0.4, -0.2) is 28.3 Å². The van der Waals surface area contributed by atoms with E-state index in [1.165, 1.54) is 11.8 Å². The summed E-state index contributed by atoms with van der Waals surface area (Å²) < 4.78 is 2.00. The van der Waals surface area contributed by atoms with Crippen LogP contribution >= 0.6 is 0 Å². The number of carbonyl (C=O) groups excluding carboxylic acids is 2. The third-order valence-corrected chi connectivity index (χ3v) is 3.25. The molecule has 1 aromatic carbocycles. The third-order valence-electron chi connectivity index (χ3n) is 3.25. The summed E-state index contributed by atoms with van der Waals surface area (Å²) in [6.45, 7) is 3.35. The molecule has 0 atom stereocenters. The number of Topliss-reactive ketones (excluding diaryl/α,β-unsaturated/α-hetero) is 1. The summed E-state index contributed by atoms with van der Waals surface area (Å²) >= 11 is 0. The minimum atomic E-state index is -0.209. The summed E-state index contributed by atoms with van der Waals surface area (Å²) in [7, 11) is 3.62. The van der Waals surface area contributed by atoms with Crippen LogP contribution in [0.25, 0.3) is 11.0 Å². The van der Waals surface area contributed by atoms with Crippen LogP contribution in [0.5, 0.6) is 0 Å². The number of rotatable bonds is 3. The third kappa shape index (κ3) is 2.50. The van der Waals surface area contributed by atoms with Gasteiger partial charge in [-0.05, 0) is 32.0 Å². The minimum absolute atomic E-state index is 0.0736.